The number of guanidine groups is 1. The molecule has 1 aromatic heterocycles. The van der Waals surface area contributed by atoms with Gasteiger partial charge in [-0.05, 0) is 50.8 Å². The maximum Gasteiger partial charge on any atom is 0.191 e. The molecule has 0 atom stereocenters. The lowest BCUT2D eigenvalue weighted by Crippen LogP contribution is -2.42. The summed E-state index contributed by atoms with van der Waals surface area (Å²) < 4.78 is 5.20. The van der Waals surface area contributed by atoms with Crippen molar-refractivity contribution in [3.63, 3.8) is 0 Å². The molecule has 0 amide bonds. The predicted molar refractivity (Wildman–Crippen MR) is 101 cm³/mol. The lowest BCUT2D eigenvalue weighted by molar-refractivity contribution is 0.392. The molecule has 0 spiro atoms. The minimum atomic E-state index is 0.185. The summed E-state index contributed by atoms with van der Waals surface area (Å²) in [6.45, 7) is 5.57. The lowest BCUT2D eigenvalue weighted by atomic mass is 9.96. The quantitative estimate of drug-likeness (QED) is 0.612. The van der Waals surface area contributed by atoms with Crippen LogP contribution in [0.1, 0.15) is 35.4 Å². The Labute approximate surface area is 153 Å². The molecule has 1 aromatic carbocycles. The van der Waals surface area contributed by atoms with Crippen LogP contribution in [-0.4, -0.2) is 31.3 Å². The fourth-order valence-electron chi connectivity index (χ4n) is 3.17. The summed E-state index contributed by atoms with van der Waals surface area (Å²) in [5.74, 6) is 1.71. The van der Waals surface area contributed by atoms with Crippen molar-refractivity contribution in [3.8, 4) is 0 Å². The zero-order chi connectivity index (χ0) is 17.9. The highest BCUT2D eigenvalue weighted by molar-refractivity contribution is 6.30. The summed E-state index contributed by atoms with van der Waals surface area (Å²) in [4.78, 5) is 4.32. The molecule has 1 fully saturated rings. The molecule has 3 rings (SSSR count). The van der Waals surface area contributed by atoms with E-state index in [1.54, 1.807) is 7.05 Å². The Balaban J connectivity index is 1.51. The van der Waals surface area contributed by atoms with Gasteiger partial charge in [0.1, 0.15) is 5.76 Å². The first-order valence-electron chi connectivity index (χ1n) is 8.66. The van der Waals surface area contributed by atoms with E-state index in [4.69, 9.17) is 16.1 Å². The molecule has 25 heavy (non-hydrogen) atoms. The van der Waals surface area contributed by atoms with Crippen molar-refractivity contribution in [3.05, 3.63) is 51.9 Å². The van der Waals surface area contributed by atoms with Crippen molar-refractivity contribution < 1.29 is 4.52 Å². The fraction of sp³-hybridized carbons (Fsp3) is 0.474. The predicted octanol–water partition coefficient (Wildman–Crippen LogP) is 3.38. The van der Waals surface area contributed by atoms with Crippen LogP contribution in [0.25, 0.3) is 0 Å². The van der Waals surface area contributed by atoms with Crippen LogP contribution in [0, 0.1) is 13.8 Å². The molecule has 0 saturated heterocycles. The largest absolute Gasteiger partial charge is 0.361 e. The zero-order valence-corrected chi connectivity index (χ0v) is 15.8. The van der Waals surface area contributed by atoms with E-state index in [0.717, 1.165) is 41.9 Å². The second kappa shape index (κ2) is 7.48. The maximum atomic E-state index is 6.14. The molecular weight excluding hydrogens is 336 g/mol. The number of nitrogens with zero attached hydrogens (tertiary/aromatic N) is 2. The monoisotopic (exact) mass is 360 g/mol. The van der Waals surface area contributed by atoms with Crippen LogP contribution in [0.5, 0.6) is 0 Å². The average Bonchev–Trinajstić information content (AvgIpc) is 3.33. The van der Waals surface area contributed by atoms with Gasteiger partial charge in [0.15, 0.2) is 5.96 Å². The van der Waals surface area contributed by atoms with Crippen LogP contribution < -0.4 is 10.6 Å². The van der Waals surface area contributed by atoms with Crippen molar-refractivity contribution in [2.24, 2.45) is 4.99 Å². The molecule has 6 heteroatoms. The van der Waals surface area contributed by atoms with E-state index in [2.05, 4.69) is 32.9 Å². The van der Waals surface area contributed by atoms with Crippen molar-refractivity contribution >= 4 is 17.6 Å². The standard InChI is InChI=1S/C19H25ClN4O/c1-13-17(14(2)25-24-13)7-10-22-18(21-3)23-12-19(8-9-19)15-5-4-6-16(20)11-15/h4-6,11H,7-10,12H2,1-3H3,(H2,21,22,23). The van der Waals surface area contributed by atoms with Crippen LogP contribution in [0.2, 0.25) is 5.02 Å². The highest BCUT2D eigenvalue weighted by Crippen LogP contribution is 2.48. The topological polar surface area (TPSA) is 62.5 Å². The van der Waals surface area contributed by atoms with Gasteiger partial charge in [-0.25, -0.2) is 0 Å². The molecular formula is C19H25ClN4O. The van der Waals surface area contributed by atoms with E-state index in [0.29, 0.717) is 0 Å². The van der Waals surface area contributed by atoms with Crippen LogP contribution in [0.3, 0.4) is 0 Å². The van der Waals surface area contributed by atoms with E-state index in [-0.39, 0.29) is 5.41 Å². The highest BCUT2D eigenvalue weighted by Gasteiger charge is 2.44. The number of halogens is 1. The maximum absolute atomic E-state index is 6.14. The second-order valence-electron chi connectivity index (χ2n) is 6.70. The molecule has 1 aliphatic carbocycles. The van der Waals surface area contributed by atoms with E-state index < -0.39 is 0 Å². The Hall–Kier alpha value is -2.01. The fourth-order valence-corrected chi connectivity index (χ4v) is 3.37. The van der Waals surface area contributed by atoms with Gasteiger partial charge in [-0.2, -0.15) is 0 Å². The molecule has 1 saturated carbocycles. The normalized spacial score (nSPS) is 15.9. The average molecular weight is 361 g/mol. The lowest BCUT2D eigenvalue weighted by Gasteiger charge is -2.19. The van der Waals surface area contributed by atoms with Crippen LogP contribution in [0.4, 0.5) is 0 Å². The first kappa shape index (κ1) is 17.8. The second-order valence-corrected chi connectivity index (χ2v) is 7.13. The third-order valence-corrected chi connectivity index (χ3v) is 5.19. The molecule has 134 valence electrons. The minimum Gasteiger partial charge on any atom is -0.361 e. The van der Waals surface area contributed by atoms with E-state index >= 15 is 0 Å². The Morgan fingerprint density at radius 1 is 1.32 bits per heavy atom. The Morgan fingerprint density at radius 2 is 2.12 bits per heavy atom. The van der Waals surface area contributed by atoms with Crippen molar-refractivity contribution in [2.75, 3.05) is 20.1 Å². The minimum absolute atomic E-state index is 0.185. The van der Waals surface area contributed by atoms with Crippen molar-refractivity contribution in [1.29, 1.82) is 0 Å². The smallest absolute Gasteiger partial charge is 0.191 e. The van der Waals surface area contributed by atoms with Gasteiger partial charge in [0.05, 0.1) is 5.69 Å². The number of hydrogen-bond donors (Lipinski definition) is 2. The summed E-state index contributed by atoms with van der Waals surface area (Å²) >= 11 is 6.14. The number of aromatic nitrogens is 1. The first-order valence-corrected chi connectivity index (χ1v) is 9.04. The van der Waals surface area contributed by atoms with Crippen molar-refractivity contribution in [1.82, 2.24) is 15.8 Å². The van der Waals surface area contributed by atoms with Gasteiger partial charge in [0, 0.05) is 36.1 Å². The van der Waals surface area contributed by atoms with E-state index in [1.807, 2.05) is 26.0 Å². The van der Waals surface area contributed by atoms with Crippen molar-refractivity contribution in [2.45, 2.75) is 38.5 Å². The third kappa shape index (κ3) is 4.15. The first-order chi connectivity index (χ1) is 12.0. The number of rotatable bonds is 6. The number of aliphatic imine (C=N–C) groups is 1. The molecule has 1 heterocycles. The Kier molecular flexibility index (Phi) is 5.33. The van der Waals surface area contributed by atoms with Crippen LogP contribution in [-0.2, 0) is 11.8 Å². The number of nitrogens with one attached hydrogen (secondary N) is 2. The van der Waals surface area contributed by atoms with E-state index in [9.17, 15) is 0 Å². The zero-order valence-electron chi connectivity index (χ0n) is 15.0. The van der Waals surface area contributed by atoms with E-state index in [1.165, 1.54) is 24.0 Å². The molecule has 0 bridgehead atoms. The van der Waals surface area contributed by atoms with Gasteiger partial charge in [-0.1, -0.05) is 28.9 Å². The van der Waals surface area contributed by atoms with Gasteiger partial charge >= 0.3 is 0 Å². The summed E-state index contributed by atoms with van der Waals surface area (Å²) in [6.07, 6.45) is 3.22. The molecule has 0 aliphatic heterocycles. The number of benzene rings is 1. The van der Waals surface area contributed by atoms with Gasteiger partial charge < -0.3 is 15.2 Å². The van der Waals surface area contributed by atoms with Crippen LogP contribution >= 0.6 is 11.6 Å². The number of aryl methyl sites for hydroxylation is 2. The highest BCUT2D eigenvalue weighted by atomic mass is 35.5. The van der Waals surface area contributed by atoms with Crippen LogP contribution in [0.15, 0.2) is 33.8 Å². The molecule has 1 aliphatic rings. The summed E-state index contributed by atoms with van der Waals surface area (Å²) in [5.41, 5.74) is 3.61. The summed E-state index contributed by atoms with van der Waals surface area (Å²) in [7, 11) is 1.80. The molecule has 5 nitrogen and oxygen atoms in total. The molecule has 2 N–H and O–H groups in total. The summed E-state index contributed by atoms with van der Waals surface area (Å²) in [6, 6.07) is 8.18. The molecule has 0 unspecified atom stereocenters. The Bertz CT molecular complexity index is 745. The van der Waals surface area contributed by atoms with Gasteiger partial charge in [0.2, 0.25) is 0 Å². The van der Waals surface area contributed by atoms with Gasteiger partial charge in [-0.15, -0.1) is 0 Å². The third-order valence-electron chi connectivity index (χ3n) is 4.96. The SMILES string of the molecule is CN=C(NCCc1c(C)noc1C)NCC1(c2cccc(Cl)c2)CC1. The number of hydrogen-bond acceptors (Lipinski definition) is 3. The molecule has 0 radical (unpaired) electrons. The Morgan fingerprint density at radius 3 is 2.72 bits per heavy atom. The van der Waals surface area contributed by atoms with Gasteiger partial charge in [-0.3, -0.25) is 4.99 Å². The van der Waals surface area contributed by atoms with Gasteiger partial charge in [0.25, 0.3) is 0 Å². The summed E-state index contributed by atoms with van der Waals surface area (Å²) in [5, 5.41) is 11.6. The molecule has 2 aromatic rings.